The Morgan fingerprint density at radius 3 is 2.74 bits per heavy atom. The average Bonchev–Trinajstić information content (AvgIpc) is 2.39. The Balaban J connectivity index is 1.96. The van der Waals surface area contributed by atoms with Gasteiger partial charge >= 0.3 is 0 Å². The van der Waals surface area contributed by atoms with E-state index in [0.717, 1.165) is 24.9 Å². The van der Waals surface area contributed by atoms with E-state index < -0.39 is 0 Å². The zero-order valence-corrected chi connectivity index (χ0v) is 11.4. The molecular weight excluding hydrogens is 243 g/mol. The van der Waals surface area contributed by atoms with E-state index in [0.29, 0.717) is 5.92 Å². The Morgan fingerprint density at radius 2 is 2.11 bits per heavy atom. The van der Waals surface area contributed by atoms with Crippen LogP contribution in [0.5, 0.6) is 0 Å². The lowest BCUT2D eigenvalue weighted by Gasteiger charge is -2.30. The van der Waals surface area contributed by atoms with Crippen molar-refractivity contribution >= 4 is 5.91 Å². The molecule has 1 saturated heterocycles. The first-order valence-corrected chi connectivity index (χ1v) is 6.87. The van der Waals surface area contributed by atoms with Crippen LogP contribution in [0.15, 0.2) is 24.3 Å². The van der Waals surface area contributed by atoms with E-state index in [-0.39, 0.29) is 23.8 Å². The van der Waals surface area contributed by atoms with Gasteiger partial charge in [0.2, 0.25) is 5.91 Å². The lowest BCUT2D eigenvalue weighted by atomic mass is 9.92. The van der Waals surface area contributed by atoms with E-state index >= 15 is 0 Å². The summed E-state index contributed by atoms with van der Waals surface area (Å²) in [6.07, 6.45) is 2.20. The van der Waals surface area contributed by atoms with E-state index in [1.165, 1.54) is 12.1 Å². The standard InChI is InChI=1S/C15H21FN2O/c1-10-4-3-9-17-14(10)15(19)18-11(2)12-5-7-13(16)8-6-12/h5-8,10-11,14,17H,3-4,9H2,1-2H3,(H,18,19). The molecule has 1 fully saturated rings. The van der Waals surface area contributed by atoms with E-state index in [4.69, 9.17) is 0 Å². The summed E-state index contributed by atoms with van der Waals surface area (Å²) >= 11 is 0. The topological polar surface area (TPSA) is 41.1 Å². The van der Waals surface area contributed by atoms with Crippen LogP contribution in [0, 0.1) is 11.7 Å². The minimum Gasteiger partial charge on any atom is -0.348 e. The molecule has 0 aromatic heterocycles. The molecule has 1 amide bonds. The number of amides is 1. The third-order valence-corrected chi connectivity index (χ3v) is 3.78. The number of carbonyl (C=O) groups excluding carboxylic acids is 1. The number of benzene rings is 1. The lowest BCUT2D eigenvalue weighted by Crippen LogP contribution is -2.51. The van der Waals surface area contributed by atoms with Gasteiger partial charge in [-0.1, -0.05) is 19.1 Å². The molecular formula is C15H21FN2O. The van der Waals surface area contributed by atoms with Gasteiger partial charge in [0.1, 0.15) is 5.82 Å². The van der Waals surface area contributed by atoms with Crippen LogP contribution in [0.1, 0.15) is 38.3 Å². The van der Waals surface area contributed by atoms with E-state index in [2.05, 4.69) is 17.6 Å². The first-order valence-electron chi connectivity index (χ1n) is 6.87. The van der Waals surface area contributed by atoms with Crippen LogP contribution in [0.4, 0.5) is 4.39 Å². The maximum Gasteiger partial charge on any atom is 0.237 e. The van der Waals surface area contributed by atoms with Crippen molar-refractivity contribution in [2.24, 2.45) is 5.92 Å². The lowest BCUT2D eigenvalue weighted by molar-refractivity contribution is -0.125. The number of piperidine rings is 1. The van der Waals surface area contributed by atoms with Crippen LogP contribution >= 0.6 is 0 Å². The quantitative estimate of drug-likeness (QED) is 0.880. The van der Waals surface area contributed by atoms with Gasteiger partial charge in [0.15, 0.2) is 0 Å². The minimum atomic E-state index is -0.259. The summed E-state index contributed by atoms with van der Waals surface area (Å²) in [5, 5.41) is 6.25. The number of halogens is 1. The number of rotatable bonds is 3. The molecule has 19 heavy (non-hydrogen) atoms. The van der Waals surface area contributed by atoms with Crippen LogP contribution in [0.25, 0.3) is 0 Å². The second-order valence-corrected chi connectivity index (χ2v) is 5.33. The van der Waals surface area contributed by atoms with Crippen molar-refractivity contribution in [2.75, 3.05) is 6.54 Å². The van der Waals surface area contributed by atoms with Gasteiger partial charge in [0.25, 0.3) is 0 Å². The van der Waals surface area contributed by atoms with Crippen molar-refractivity contribution in [3.05, 3.63) is 35.6 Å². The van der Waals surface area contributed by atoms with Crippen molar-refractivity contribution in [3.8, 4) is 0 Å². The minimum absolute atomic E-state index is 0.0315. The van der Waals surface area contributed by atoms with Crippen LogP contribution in [-0.2, 0) is 4.79 Å². The maximum absolute atomic E-state index is 12.9. The summed E-state index contributed by atoms with van der Waals surface area (Å²) in [4.78, 5) is 12.2. The molecule has 1 aromatic rings. The molecule has 0 radical (unpaired) electrons. The Morgan fingerprint density at radius 1 is 1.42 bits per heavy atom. The SMILES string of the molecule is CC(NC(=O)C1NCCCC1C)c1ccc(F)cc1. The largest absolute Gasteiger partial charge is 0.348 e. The van der Waals surface area contributed by atoms with Crippen molar-refractivity contribution in [1.29, 1.82) is 0 Å². The van der Waals surface area contributed by atoms with Gasteiger partial charge < -0.3 is 10.6 Å². The fourth-order valence-electron chi connectivity index (χ4n) is 2.54. The number of hydrogen-bond donors (Lipinski definition) is 2. The van der Waals surface area contributed by atoms with Gasteiger partial charge in [-0.3, -0.25) is 4.79 Å². The second-order valence-electron chi connectivity index (χ2n) is 5.33. The van der Waals surface area contributed by atoms with Crippen LogP contribution in [-0.4, -0.2) is 18.5 Å². The number of carbonyl (C=O) groups is 1. The highest BCUT2D eigenvalue weighted by molar-refractivity contribution is 5.82. The average molecular weight is 264 g/mol. The van der Waals surface area contributed by atoms with Crippen LogP contribution in [0.3, 0.4) is 0 Å². The van der Waals surface area contributed by atoms with Gasteiger partial charge in [-0.2, -0.15) is 0 Å². The molecule has 104 valence electrons. The van der Waals surface area contributed by atoms with Gasteiger partial charge in [-0.05, 0) is 49.9 Å². The third-order valence-electron chi connectivity index (χ3n) is 3.78. The van der Waals surface area contributed by atoms with Gasteiger partial charge in [-0.25, -0.2) is 4.39 Å². The number of hydrogen-bond acceptors (Lipinski definition) is 2. The Hall–Kier alpha value is -1.42. The molecule has 1 aliphatic heterocycles. The van der Waals surface area contributed by atoms with Crippen LogP contribution in [0.2, 0.25) is 0 Å². The molecule has 1 aliphatic rings. The summed E-state index contributed by atoms with van der Waals surface area (Å²) < 4.78 is 12.9. The van der Waals surface area contributed by atoms with Crippen molar-refractivity contribution in [1.82, 2.24) is 10.6 Å². The molecule has 3 nitrogen and oxygen atoms in total. The highest BCUT2D eigenvalue weighted by Crippen LogP contribution is 2.18. The fraction of sp³-hybridized carbons (Fsp3) is 0.533. The summed E-state index contributed by atoms with van der Waals surface area (Å²) in [6.45, 7) is 4.91. The molecule has 0 bridgehead atoms. The highest BCUT2D eigenvalue weighted by Gasteiger charge is 2.28. The summed E-state index contributed by atoms with van der Waals surface area (Å²) in [7, 11) is 0. The molecule has 1 heterocycles. The summed E-state index contributed by atoms with van der Waals surface area (Å²) in [5.41, 5.74) is 0.915. The van der Waals surface area contributed by atoms with Crippen molar-refractivity contribution < 1.29 is 9.18 Å². The summed E-state index contributed by atoms with van der Waals surface area (Å²) in [5.74, 6) is 0.128. The predicted molar refractivity (Wildman–Crippen MR) is 73.1 cm³/mol. The van der Waals surface area contributed by atoms with Gasteiger partial charge in [0, 0.05) is 0 Å². The fourth-order valence-corrected chi connectivity index (χ4v) is 2.54. The highest BCUT2D eigenvalue weighted by atomic mass is 19.1. The molecule has 0 aliphatic carbocycles. The molecule has 0 spiro atoms. The molecule has 2 rings (SSSR count). The Labute approximate surface area is 113 Å². The molecule has 2 N–H and O–H groups in total. The van der Waals surface area contributed by atoms with E-state index in [1.54, 1.807) is 12.1 Å². The molecule has 4 heteroatoms. The molecule has 3 unspecified atom stereocenters. The van der Waals surface area contributed by atoms with Crippen molar-refractivity contribution in [3.63, 3.8) is 0 Å². The maximum atomic E-state index is 12.9. The zero-order valence-electron chi connectivity index (χ0n) is 11.4. The molecule has 1 aromatic carbocycles. The smallest absolute Gasteiger partial charge is 0.237 e. The van der Waals surface area contributed by atoms with Crippen molar-refractivity contribution in [2.45, 2.75) is 38.8 Å². The number of nitrogens with one attached hydrogen (secondary N) is 2. The third kappa shape index (κ3) is 3.53. The molecule has 3 atom stereocenters. The monoisotopic (exact) mass is 264 g/mol. The predicted octanol–water partition coefficient (Wildman–Crippen LogP) is 2.39. The molecule has 0 saturated carbocycles. The van der Waals surface area contributed by atoms with Gasteiger partial charge in [0.05, 0.1) is 12.1 Å². The Bertz CT molecular complexity index is 432. The zero-order chi connectivity index (χ0) is 13.8. The second kappa shape index (κ2) is 6.15. The van der Waals surface area contributed by atoms with Crippen LogP contribution < -0.4 is 10.6 Å². The van der Waals surface area contributed by atoms with E-state index in [9.17, 15) is 9.18 Å². The normalized spacial score (nSPS) is 24.8. The first-order chi connectivity index (χ1) is 9.08. The summed E-state index contributed by atoms with van der Waals surface area (Å²) in [6, 6.07) is 6.02. The Kier molecular flexibility index (Phi) is 4.53. The van der Waals surface area contributed by atoms with E-state index in [1.807, 2.05) is 6.92 Å². The first kappa shape index (κ1) is 14.0. The van der Waals surface area contributed by atoms with Gasteiger partial charge in [-0.15, -0.1) is 0 Å².